The number of phenolic OH excluding ortho intramolecular Hbond substituents is 1. The Balaban J connectivity index is 3.16. The summed E-state index contributed by atoms with van der Waals surface area (Å²) in [5.74, 6) is -0.312. The molecular weight excluding hydrogens is 196 g/mol. The van der Waals surface area contributed by atoms with E-state index in [1.54, 1.807) is 6.07 Å². The Hall–Kier alpha value is -1.97. The van der Waals surface area contributed by atoms with Crippen molar-refractivity contribution in [1.82, 2.24) is 0 Å². The molecule has 0 bridgehead atoms. The van der Waals surface area contributed by atoms with Crippen LogP contribution in [0.4, 0.5) is 0 Å². The first kappa shape index (κ1) is 11.1. The van der Waals surface area contributed by atoms with Crippen LogP contribution in [0.1, 0.15) is 15.9 Å². The van der Waals surface area contributed by atoms with Gasteiger partial charge in [0, 0.05) is 5.56 Å². The molecule has 0 saturated heterocycles. The largest absolute Gasteiger partial charge is 0.507 e. The topological polar surface area (TPSA) is 55.8 Å². The van der Waals surface area contributed by atoms with Crippen LogP contribution in [0, 0.1) is 0 Å². The fraction of sp³-hybridized carbons (Fsp3) is 0.182. The highest BCUT2D eigenvalue weighted by Crippen LogP contribution is 2.23. The lowest BCUT2D eigenvalue weighted by Crippen LogP contribution is -2.02. The highest BCUT2D eigenvalue weighted by molar-refractivity contribution is 5.93. The number of methoxy groups -OCH3 is 2. The molecule has 0 atom stereocenters. The van der Waals surface area contributed by atoms with E-state index in [2.05, 4.69) is 11.3 Å². The molecule has 1 rings (SSSR count). The molecule has 1 aromatic rings. The summed E-state index contributed by atoms with van der Waals surface area (Å²) in [7, 11) is 2.73. The van der Waals surface area contributed by atoms with Crippen molar-refractivity contribution in [2.24, 2.45) is 0 Å². The Kier molecular flexibility index (Phi) is 3.33. The Labute approximate surface area is 87.7 Å². The van der Waals surface area contributed by atoms with Crippen LogP contribution >= 0.6 is 0 Å². The van der Waals surface area contributed by atoms with Crippen LogP contribution in [0.3, 0.4) is 0 Å². The Morgan fingerprint density at radius 2 is 2.00 bits per heavy atom. The van der Waals surface area contributed by atoms with Gasteiger partial charge in [0.05, 0.1) is 14.2 Å². The molecule has 0 aromatic heterocycles. The van der Waals surface area contributed by atoms with Gasteiger partial charge in [-0.25, -0.2) is 4.79 Å². The second-order valence-corrected chi connectivity index (χ2v) is 2.85. The molecule has 4 heteroatoms. The third-order valence-electron chi connectivity index (χ3n) is 1.97. The van der Waals surface area contributed by atoms with Gasteiger partial charge in [0.15, 0.2) is 0 Å². The van der Waals surface area contributed by atoms with E-state index in [0.29, 0.717) is 11.3 Å². The lowest BCUT2D eigenvalue weighted by Gasteiger charge is -2.07. The van der Waals surface area contributed by atoms with Gasteiger partial charge >= 0.3 is 5.97 Å². The number of phenols is 1. The van der Waals surface area contributed by atoms with E-state index in [0.717, 1.165) is 0 Å². The van der Waals surface area contributed by atoms with E-state index in [-0.39, 0.29) is 11.3 Å². The Morgan fingerprint density at radius 1 is 1.33 bits per heavy atom. The number of hydrogen-bond acceptors (Lipinski definition) is 4. The normalized spacial score (nSPS) is 9.47. The standard InChI is InChI=1S/C11H12O4/c1-7(14-2)8-4-5-10(12)9(6-8)11(13)15-3/h4-6,12H,1H2,2-3H3. The Bertz CT molecular complexity index is 396. The van der Waals surface area contributed by atoms with Gasteiger partial charge in [0.1, 0.15) is 17.1 Å². The van der Waals surface area contributed by atoms with Crippen molar-refractivity contribution >= 4 is 11.7 Å². The fourth-order valence-corrected chi connectivity index (χ4v) is 1.10. The molecule has 15 heavy (non-hydrogen) atoms. The first-order valence-electron chi connectivity index (χ1n) is 4.24. The highest BCUT2D eigenvalue weighted by atomic mass is 16.5. The van der Waals surface area contributed by atoms with Gasteiger partial charge in [-0.2, -0.15) is 0 Å². The van der Waals surface area contributed by atoms with Gasteiger partial charge in [-0.05, 0) is 18.2 Å². The van der Waals surface area contributed by atoms with E-state index in [1.165, 1.54) is 26.4 Å². The number of hydrogen-bond donors (Lipinski definition) is 1. The number of carbonyl (C=O) groups excluding carboxylic acids is 1. The van der Waals surface area contributed by atoms with Crippen LogP contribution in [0.15, 0.2) is 24.8 Å². The molecule has 80 valence electrons. The third-order valence-corrected chi connectivity index (χ3v) is 1.97. The molecule has 0 aliphatic rings. The first-order chi connectivity index (χ1) is 7.10. The predicted octanol–water partition coefficient (Wildman–Crippen LogP) is 1.80. The smallest absolute Gasteiger partial charge is 0.341 e. The maximum Gasteiger partial charge on any atom is 0.341 e. The fourth-order valence-electron chi connectivity index (χ4n) is 1.10. The molecule has 0 aliphatic carbocycles. The first-order valence-corrected chi connectivity index (χ1v) is 4.24. The van der Waals surface area contributed by atoms with Crippen LogP contribution in [0.25, 0.3) is 5.76 Å². The molecule has 0 heterocycles. The summed E-state index contributed by atoms with van der Waals surface area (Å²) in [6, 6.07) is 4.46. The summed E-state index contributed by atoms with van der Waals surface area (Å²) in [6.07, 6.45) is 0. The summed E-state index contributed by atoms with van der Waals surface area (Å²) in [5.41, 5.74) is 0.712. The average Bonchev–Trinajstić information content (AvgIpc) is 2.27. The van der Waals surface area contributed by atoms with Crippen molar-refractivity contribution in [2.45, 2.75) is 0 Å². The van der Waals surface area contributed by atoms with Gasteiger partial charge in [-0.1, -0.05) is 6.58 Å². The molecule has 0 saturated carbocycles. The maximum atomic E-state index is 11.2. The zero-order valence-electron chi connectivity index (χ0n) is 8.61. The number of esters is 1. The van der Waals surface area contributed by atoms with Gasteiger partial charge in [0.25, 0.3) is 0 Å². The van der Waals surface area contributed by atoms with Crippen LogP contribution in [0.2, 0.25) is 0 Å². The van der Waals surface area contributed by atoms with Crippen LogP contribution in [-0.4, -0.2) is 25.3 Å². The third kappa shape index (κ3) is 2.28. The molecule has 0 spiro atoms. The molecule has 0 fully saturated rings. The molecule has 0 aliphatic heterocycles. The van der Waals surface area contributed by atoms with Crippen LogP contribution < -0.4 is 0 Å². The highest BCUT2D eigenvalue weighted by Gasteiger charge is 2.13. The molecule has 1 N–H and O–H groups in total. The predicted molar refractivity (Wildman–Crippen MR) is 55.5 cm³/mol. The van der Waals surface area contributed by atoms with Crippen molar-refractivity contribution in [3.05, 3.63) is 35.9 Å². The van der Waals surface area contributed by atoms with E-state index >= 15 is 0 Å². The molecular formula is C11H12O4. The zero-order chi connectivity index (χ0) is 11.4. The summed E-state index contributed by atoms with van der Waals surface area (Å²) in [5, 5.41) is 9.42. The molecule has 0 amide bonds. The van der Waals surface area contributed by atoms with Gasteiger partial charge in [-0.3, -0.25) is 0 Å². The van der Waals surface area contributed by atoms with Gasteiger partial charge in [0.2, 0.25) is 0 Å². The van der Waals surface area contributed by atoms with E-state index in [1.807, 2.05) is 0 Å². The Morgan fingerprint density at radius 3 is 2.53 bits per heavy atom. The lowest BCUT2D eigenvalue weighted by molar-refractivity contribution is 0.0597. The van der Waals surface area contributed by atoms with Gasteiger partial charge < -0.3 is 14.6 Å². The van der Waals surface area contributed by atoms with E-state index in [9.17, 15) is 9.90 Å². The quantitative estimate of drug-likeness (QED) is 0.607. The van der Waals surface area contributed by atoms with Crippen LogP contribution in [-0.2, 0) is 9.47 Å². The summed E-state index contributed by atoms with van der Waals surface area (Å²) < 4.78 is 9.43. The minimum absolute atomic E-state index is 0.0909. The minimum atomic E-state index is -0.599. The monoisotopic (exact) mass is 208 g/mol. The average molecular weight is 208 g/mol. The number of rotatable bonds is 3. The molecule has 0 unspecified atom stereocenters. The second kappa shape index (κ2) is 4.50. The SMILES string of the molecule is C=C(OC)c1ccc(O)c(C(=O)OC)c1. The number of aromatic hydroxyl groups is 1. The summed E-state index contributed by atoms with van der Waals surface area (Å²) in [4.78, 5) is 11.2. The molecule has 1 aromatic carbocycles. The minimum Gasteiger partial charge on any atom is -0.507 e. The van der Waals surface area contributed by atoms with Crippen molar-refractivity contribution in [1.29, 1.82) is 0 Å². The number of carbonyl (C=O) groups is 1. The molecule has 4 nitrogen and oxygen atoms in total. The van der Waals surface area contributed by atoms with Crippen molar-refractivity contribution in [2.75, 3.05) is 14.2 Å². The van der Waals surface area contributed by atoms with Crippen molar-refractivity contribution in [3.8, 4) is 5.75 Å². The van der Waals surface area contributed by atoms with Gasteiger partial charge in [-0.15, -0.1) is 0 Å². The molecule has 0 radical (unpaired) electrons. The van der Waals surface area contributed by atoms with E-state index < -0.39 is 5.97 Å². The van der Waals surface area contributed by atoms with Crippen LogP contribution in [0.5, 0.6) is 5.75 Å². The zero-order valence-corrected chi connectivity index (χ0v) is 8.61. The summed E-state index contributed by atoms with van der Waals surface area (Å²) >= 11 is 0. The number of ether oxygens (including phenoxy) is 2. The van der Waals surface area contributed by atoms with Crippen molar-refractivity contribution in [3.63, 3.8) is 0 Å². The number of benzene rings is 1. The maximum absolute atomic E-state index is 11.2. The second-order valence-electron chi connectivity index (χ2n) is 2.85. The van der Waals surface area contributed by atoms with E-state index in [4.69, 9.17) is 4.74 Å². The van der Waals surface area contributed by atoms with Crippen molar-refractivity contribution < 1.29 is 19.4 Å². The summed E-state index contributed by atoms with van der Waals surface area (Å²) in [6.45, 7) is 3.64. The lowest BCUT2D eigenvalue weighted by atomic mass is 10.1.